The van der Waals surface area contributed by atoms with Crippen molar-refractivity contribution in [3.63, 3.8) is 0 Å². The van der Waals surface area contributed by atoms with E-state index < -0.39 is 22.0 Å². The largest absolute Gasteiger partial charge is 0.480 e. The highest BCUT2D eigenvalue weighted by Gasteiger charge is 2.25. The molecule has 1 aliphatic heterocycles. The van der Waals surface area contributed by atoms with Gasteiger partial charge in [0.1, 0.15) is 6.04 Å². The van der Waals surface area contributed by atoms with E-state index in [1.165, 1.54) is 12.1 Å². The molecule has 1 heterocycles. The van der Waals surface area contributed by atoms with Crippen LogP contribution in [0.5, 0.6) is 0 Å². The lowest BCUT2D eigenvalue weighted by atomic mass is 9.96. The molecule has 0 fully saturated rings. The van der Waals surface area contributed by atoms with Gasteiger partial charge >= 0.3 is 5.97 Å². The number of benzene rings is 1. The first kappa shape index (κ1) is 14.9. The molecule has 1 aliphatic rings. The topological polar surface area (TPSA) is 116 Å². The zero-order valence-corrected chi connectivity index (χ0v) is 11.5. The molecule has 20 heavy (non-hydrogen) atoms. The van der Waals surface area contributed by atoms with Gasteiger partial charge in [-0.05, 0) is 29.7 Å². The van der Waals surface area contributed by atoms with Crippen molar-refractivity contribution in [1.82, 2.24) is 10.0 Å². The Morgan fingerprint density at radius 2 is 2.15 bits per heavy atom. The molecule has 2 rings (SSSR count). The van der Waals surface area contributed by atoms with Crippen LogP contribution in [0.2, 0.25) is 0 Å². The summed E-state index contributed by atoms with van der Waals surface area (Å²) in [5.41, 5.74) is 1.60. The zero-order chi connectivity index (χ0) is 14.8. The lowest BCUT2D eigenvalue weighted by molar-refractivity contribution is -0.139. The van der Waals surface area contributed by atoms with Gasteiger partial charge in [-0.25, -0.2) is 13.1 Å². The van der Waals surface area contributed by atoms with Crippen molar-refractivity contribution < 1.29 is 23.4 Å². The van der Waals surface area contributed by atoms with Gasteiger partial charge in [-0.15, -0.1) is 0 Å². The second kappa shape index (κ2) is 5.88. The van der Waals surface area contributed by atoms with Gasteiger partial charge in [-0.2, -0.15) is 0 Å². The van der Waals surface area contributed by atoms with Crippen LogP contribution in [0.4, 0.5) is 0 Å². The first-order valence-electron chi connectivity index (χ1n) is 6.12. The number of aliphatic hydroxyl groups excluding tert-OH is 1. The van der Waals surface area contributed by atoms with E-state index in [0.717, 1.165) is 11.1 Å². The normalized spacial score (nSPS) is 18.6. The van der Waals surface area contributed by atoms with Crippen molar-refractivity contribution in [3.05, 3.63) is 29.3 Å². The number of aliphatic carboxylic acids is 1. The van der Waals surface area contributed by atoms with Crippen molar-refractivity contribution in [2.45, 2.75) is 23.9 Å². The molecule has 7 nitrogen and oxygen atoms in total. The second-order valence-electron chi connectivity index (χ2n) is 4.53. The smallest absolute Gasteiger partial charge is 0.321 e. The number of nitrogens with one attached hydrogen (secondary N) is 2. The van der Waals surface area contributed by atoms with Crippen molar-refractivity contribution in [1.29, 1.82) is 0 Å². The lowest BCUT2D eigenvalue weighted by Crippen LogP contribution is -2.41. The molecule has 0 spiro atoms. The highest BCUT2D eigenvalue weighted by Crippen LogP contribution is 2.21. The average molecular weight is 300 g/mol. The van der Waals surface area contributed by atoms with E-state index in [4.69, 9.17) is 10.2 Å². The molecule has 0 radical (unpaired) electrons. The van der Waals surface area contributed by atoms with Crippen molar-refractivity contribution >= 4 is 16.0 Å². The van der Waals surface area contributed by atoms with E-state index in [1.807, 2.05) is 0 Å². The number of carbonyl (C=O) groups is 1. The number of aliphatic hydroxyl groups is 1. The van der Waals surface area contributed by atoms with E-state index in [9.17, 15) is 13.2 Å². The molecule has 0 saturated carbocycles. The Balaban J connectivity index is 2.24. The summed E-state index contributed by atoms with van der Waals surface area (Å²) in [5.74, 6) is -0.919. The first-order valence-corrected chi connectivity index (χ1v) is 7.61. The Bertz CT molecular complexity index is 614. The fraction of sp³-hybridized carbons (Fsp3) is 0.417. The maximum Gasteiger partial charge on any atom is 0.321 e. The Morgan fingerprint density at radius 3 is 2.80 bits per heavy atom. The Kier molecular flexibility index (Phi) is 4.39. The maximum absolute atomic E-state index is 11.9. The van der Waals surface area contributed by atoms with Crippen LogP contribution in [0.1, 0.15) is 11.1 Å². The standard InChI is InChI=1S/C12H16N2O5S/c15-4-3-14-20(18,19)10-2-1-8-6-11(12(16)17)13-7-9(8)5-10/h1-2,5,11,13-15H,3-4,6-7H2,(H,16,17)/t11-/m0/s1. The highest BCUT2D eigenvalue weighted by atomic mass is 32.2. The summed E-state index contributed by atoms with van der Waals surface area (Å²) in [6, 6.07) is 3.97. The van der Waals surface area contributed by atoms with Gasteiger partial charge < -0.3 is 15.5 Å². The van der Waals surface area contributed by atoms with Crippen LogP contribution < -0.4 is 10.0 Å². The number of hydrogen-bond acceptors (Lipinski definition) is 5. The molecule has 0 aliphatic carbocycles. The van der Waals surface area contributed by atoms with Gasteiger partial charge in [0, 0.05) is 13.1 Å². The number of sulfonamides is 1. The highest BCUT2D eigenvalue weighted by molar-refractivity contribution is 7.89. The van der Waals surface area contributed by atoms with Crippen LogP contribution in [0, 0.1) is 0 Å². The summed E-state index contributed by atoms with van der Waals surface area (Å²) in [7, 11) is -3.64. The molecular formula is C12H16N2O5S. The molecule has 1 atom stereocenters. The van der Waals surface area contributed by atoms with E-state index in [0.29, 0.717) is 13.0 Å². The van der Waals surface area contributed by atoms with Crippen molar-refractivity contribution in [2.75, 3.05) is 13.2 Å². The quantitative estimate of drug-likeness (QED) is 0.557. The van der Waals surface area contributed by atoms with Gasteiger partial charge in [0.25, 0.3) is 0 Å². The van der Waals surface area contributed by atoms with Crippen LogP contribution >= 0.6 is 0 Å². The van der Waals surface area contributed by atoms with E-state index in [1.54, 1.807) is 6.07 Å². The van der Waals surface area contributed by atoms with Gasteiger partial charge in [0.2, 0.25) is 10.0 Å². The third-order valence-corrected chi connectivity index (χ3v) is 4.61. The molecule has 0 saturated heterocycles. The zero-order valence-electron chi connectivity index (χ0n) is 10.7. The summed E-state index contributed by atoms with van der Waals surface area (Å²) in [4.78, 5) is 11.0. The number of carboxylic acids is 1. The molecule has 1 aromatic carbocycles. The summed E-state index contributed by atoms with van der Waals surface area (Å²) in [6.45, 7) is 0.000431. The predicted molar refractivity (Wildman–Crippen MR) is 70.7 cm³/mol. The molecular weight excluding hydrogens is 284 g/mol. The number of rotatable bonds is 5. The first-order chi connectivity index (χ1) is 9.44. The van der Waals surface area contributed by atoms with Crippen LogP contribution in [0.15, 0.2) is 23.1 Å². The second-order valence-corrected chi connectivity index (χ2v) is 6.29. The maximum atomic E-state index is 11.9. The SMILES string of the molecule is O=C(O)[C@@H]1Cc2ccc(S(=O)(=O)NCCO)cc2CN1. The molecule has 0 amide bonds. The van der Waals surface area contributed by atoms with Gasteiger partial charge in [-0.1, -0.05) is 6.07 Å². The molecule has 1 aromatic rings. The Hall–Kier alpha value is -1.48. The van der Waals surface area contributed by atoms with Crippen molar-refractivity contribution in [2.24, 2.45) is 0 Å². The molecule has 0 bridgehead atoms. The van der Waals surface area contributed by atoms with Gasteiger partial charge in [-0.3, -0.25) is 4.79 Å². The van der Waals surface area contributed by atoms with Crippen LogP contribution in [0.3, 0.4) is 0 Å². The lowest BCUT2D eigenvalue weighted by Gasteiger charge is -2.23. The van der Waals surface area contributed by atoms with Crippen LogP contribution in [-0.4, -0.2) is 43.8 Å². The minimum Gasteiger partial charge on any atom is -0.480 e. The predicted octanol–water partition coefficient (Wildman–Crippen LogP) is -0.944. The molecule has 8 heteroatoms. The summed E-state index contributed by atoms with van der Waals surface area (Å²) >= 11 is 0. The summed E-state index contributed by atoms with van der Waals surface area (Å²) < 4.78 is 26.1. The van der Waals surface area contributed by atoms with E-state index in [2.05, 4.69) is 10.0 Å². The molecule has 4 N–H and O–H groups in total. The monoisotopic (exact) mass is 300 g/mol. The fourth-order valence-corrected chi connectivity index (χ4v) is 3.17. The van der Waals surface area contributed by atoms with Gasteiger partial charge in [0.05, 0.1) is 11.5 Å². The minimum atomic E-state index is -3.64. The minimum absolute atomic E-state index is 0.0429. The third-order valence-electron chi connectivity index (χ3n) is 3.15. The number of fused-ring (bicyclic) bond motifs is 1. The van der Waals surface area contributed by atoms with E-state index in [-0.39, 0.29) is 18.0 Å². The summed E-state index contributed by atoms with van der Waals surface area (Å²) in [5, 5.41) is 20.5. The molecule has 0 aromatic heterocycles. The summed E-state index contributed by atoms with van der Waals surface area (Å²) in [6.07, 6.45) is 0.328. The average Bonchev–Trinajstić information content (AvgIpc) is 2.44. The van der Waals surface area contributed by atoms with Crippen LogP contribution in [-0.2, 0) is 27.8 Å². The Morgan fingerprint density at radius 1 is 1.40 bits per heavy atom. The van der Waals surface area contributed by atoms with Crippen LogP contribution in [0.25, 0.3) is 0 Å². The Labute approximate surface area is 116 Å². The number of hydrogen-bond donors (Lipinski definition) is 4. The third kappa shape index (κ3) is 3.15. The molecule has 110 valence electrons. The molecule has 0 unspecified atom stereocenters. The van der Waals surface area contributed by atoms with Crippen molar-refractivity contribution in [3.8, 4) is 0 Å². The fourth-order valence-electron chi connectivity index (χ4n) is 2.10. The van der Waals surface area contributed by atoms with Gasteiger partial charge in [0.15, 0.2) is 0 Å². The number of carboxylic acid groups (broad SMARTS) is 1. The van der Waals surface area contributed by atoms with E-state index >= 15 is 0 Å².